The van der Waals surface area contributed by atoms with Gasteiger partial charge in [-0.1, -0.05) is 65.3 Å². The molecule has 5 N–H and O–H groups in total. The summed E-state index contributed by atoms with van der Waals surface area (Å²) in [5.41, 5.74) is -0.0470. The van der Waals surface area contributed by atoms with E-state index in [2.05, 4.69) is 47.6 Å². The summed E-state index contributed by atoms with van der Waals surface area (Å²) in [6.45, 7) is 13.8. The third-order valence-corrected chi connectivity index (χ3v) is 16.2. The van der Waals surface area contributed by atoms with Gasteiger partial charge in [0, 0.05) is 23.0 Å². The zero-order chi connectivity index (χ0) is 42.1. The molecule has 8 atom stereocenters. The SMILES string of the molecule is CC1(C)CC[C@]2(C(=O)O)CC[C@]3(COC(=O)/C=C/c4ccc(O)c(O)c4)C(=CC[C@@H]4[C@@]5(C)CC[C@H](OC(=O)/C=C/c6ccc(O)c(O)c6)C(C)(C)[C@@H]5CC[C@]43C)[C@@H]2C1. The van der Waals surface area contributed by atoms with Crippen LogP contribution in [-0.4, -0.2) is 56.2 Å². The molecule has 58 heavy (non-hydrogen) atoms. The van der Waals surface area contributed by atoms with E-state index in [-0.39, 0.29) is 75.1 Å². The molecule has 4 fully saturated rings. The minimum atomic E-state index is -0.860. The summed E-state index contributed by atoms with van der Waals surface area (Å²) in [6.07, 6.45) is 15.3. The van der Waals surface area contributed by atoms with E-state index in [4.69, 9.17) is 9.47 Å². The lowest BCUT2D eigenvalue weighted by Gasteiger charge is -2.71. The second-order valence-electron chi connectivity index (χ2n) is 20.0. The summed E-state index contributed by atoms with van der Waals surface area (Å²) in [4.78, 5) is 40.1. The van der Waals surface area contributed by atoms with Crippen LogP contribution in [0.25, 0.3) is 12.2 Å². The van der Waals surface area contributed by atoms with E-state index in [1.807, 2.05) is 0 Å². The Bertz CT molecular complexity index is 2080. The number of phenolic OH excluding ortho intramolecular Hbond substituents is 4. The number of benzene rings is 2. The fourth-order valence-corrected chi connectivity index (χ4v) is 13.0. The minimum absolute atomic E-state index is 0.0368. The van der Waals surface area contributed by atoms with Gasteiger partial charge in [-0.25, -0.2) is 9.59 Å². The van der Waals surface area contributed by atoms with E-state index in [1.54, 1.807) is 24.3 Å². The molecule has 7 rings (SSSR count). The topological polar surface area (TPSA) is 171 Å². The van der Waals surface area contributed by atoms with Crippen molar-refractivity contribution in [3.8, 4) is 23.0 Å². The molecule has 0 unspecified atom stereocenters. The van der Waals surface area contributed by atoms with Crippen LogP contribution in [0.1, 0.15) is 117 Å². The first kappa shape index (κ1) is 41.4. The van der Waals surface area contributed by atoms with Gasteiger partial charge in [-0.3, -0.25) is 4.79 Å². The highest BCUT2D eigenvalue weighted by Crippen LogP contribution is 2.76. The first-order valence-corrected chi connectivity index (χ1v) is 20.9. The zero-order valence-electron chi connectivity index (χ0n) is 34.7. The normalized spacial score (nSPS) is 34.8. The van der Waals surface area contributed by atoms with E-state index in [0.29, 0.717) is 36.8 Å². The summed E-state index contributed by atoms with van der Waals surface area (Å²) < 4.78 is 12.5. The van der Waals surface area contributed by atoms with Crippen molar-refractivity contribution >= 4 is 30.1 Å². The van der Waals surface area contributed by atoms with Gasteiger partial charge in [-0.05, 0) is 146 Å². The lowest BCUT2D eigenvalue weighted by molar-refractivity contribution is -0.221. The number of carboxylic acids is 1. The minimum Gasteiger partial charge on any atom is -0.504 e. The van der Waals surface area contributed by atoms with Crippen LogP contribution in [-0.2, 0) is 23.9 Å². The van der Waals surface area contributed by atoms with Gasteiger partial charge in [0.05, 0.1) is 5.41 Å². The van der Waals surface area contributed by atoms with Crippen molar-refractivity contribution in [3.63, 3.8) is 0 Å². The van der Waals surface area contributed by atoms with Gasteiger partial charge in [0.25, 0.3) is 0 Å². The van der Waals surface area contributed by atoms with Gasteiger partial charge in [0.1, 0.15) is 12.7 Å². The number of carbonyl (C=O) groups is 3. The molecule has 10 heteroatoms. The monoisotopic (exact) mass is 796 g/mol. The summed E-state index contributed by atoms with van der Waals surface area (Å²) in [7, 11) is 0. The van der Waals surface area contributed by atoms with Crippen LogP contribution in [0.2, 0.25) is 0 Å². The molecule has 0 heterocycles. The predicted octanol–water partition coefficient (Wildman–Crippen LogP) is 9.56. The summed E-state index contributed by atoms with van der Waals surface area (Å²) in [6, 6.07) is 8.70. The number of allylic oxidation sites excluding steroid dienone is 1. The molecule has 4 saturated carbocycles. The fraction of sp³-hybridized carbons (Fsp3) is 0.562. The number of ether oxygens (including phenoxy) is 2. The molecular weight excluding hydrogens is 737 g/mol. The van der Waals surface area contributed by atoms with Crippen molar-refractivity contribution in [3.05, 3.63) is 71.3 Å². The van der Waals surface area contributed by atoms with Gasteiger partial charge in [-0.2, -0.15) is 0 Å². The number of hydrogen-bond acceptors (Lipinski definition) is 9. The quantitative estimate of drug-likeness (QED) is 0.0750. The van der Waals surface area contributed by atoms with Crippen LogP contribution < -0.4 is 0 Å². The maximum absolute atomic E-state index is 13.6. The Hall–Kier alpha value is -4.73. The predicted molar refractivity (Wildman–Crippen MR) is 219 cm³/mol. The van der Waals surface area contributed by atoms with E-state index in [1.165, 1.54) is 36.4 Å². The van der Waals surface area contributed by atoms with Crippen molar-refractivity contribution < 1.29 is 49.4 Å². The maximum atomic E-state index is 13.6. The third kappa shape index (κ3) is 6.78. The number of carboxylic acid groups (broad SMARTS) is 1. The van der Waals surface area contributed by atoms with Crippen LogP contribution in [0.15, 0.2) is 60.2 Å². The molecule has 0 aromatic heterocycles. The van der Waals surface area contributed by atoms with Crippen molar-refractivity contribution in [2.45, 2.75) is 112 Å². The lowest BCUT2D eigenvalue weighted by Crippen LogP contribution is -2.67. The highest BCUT2D eigenvalue weighted by atomic mass is 16.5. The molecule has 5 aliphatic carbocycles. The molecule has 0 bridgehead atoms. The van der Waals surface area contributed by atoms with E-state index < -0.39 is 28.7 Å². The highest BCUT2D eigenvalue weighted by molar-refractivity contribution is 5.88. The molecular formula is C48H60O10. The van der Waals surface area contributed by atoms with Crippen molar-refractivity contribution in [1.29, 1.82) is 0 Å². The molecule has 10 nitrogen and oxygen atoms in total. The average molecular weight is 797 g/mol. The number of aromatic hydroxyl groups is 4. The molecule has 2 aromatic carbocycles. The molecule has 2 aromatic rings. The number of hydrogen-bond donors (Lipinski definition) is 5. The molecule has 0 radical (unpaired) electrons. The molecule has 0 amide bonds. The van der Waals surface area contributed by atoms with Crippen molar-refractivity contribution in [2.75, 3.05) is 6.61 Å². The average Bonchev–Trinajstić information content (AvgIpc) is 3.15. The van der Waals surface area contributed by atoms with Crippen LogP contribution in [0.3, 0.4) is 0 Å². The standard InChI is InChI=1S/C48H60O10/c1-43(2)21-22-47(42(55)56)23-24-48(28-57-40(53)15-9-29-7-12-33(49)35(51)25-29)31(32(47)27-43)11-14-38-45(5)19-18-39(44(3,4)37(45)17-20-46(38,48)6)58-41(54)16-10-30-8-13-34(50)36(52)26-30/h7-13,15-16,25-26,32,37-39,49-52H,14,17-24,27-28H2,1-6H3,(H,55,56)/b15-9+,16-10+/t32-,37-,38+,39-,45-,46+,47-,48-/m0/s1. The molecule has 0 saturated heterocycles. The van der Waals surface area contributed by atoms with Crippen LogP contribution in [0, 0.1) is 50.2 Å². The Morgan fingerprint density at radius 1 is 0.724 bits per heavy atom. The largest absolute Gasteiger partial charge is 0.504 e. The van der Waals surface area contributed by atoms with Gasteiger partial charge in [0.15, 0.2) is 23.0 Å². The van der Waals surface area contributed by atoms with Crippen LogP contribution in [0.4, 0.5) is 0 Å². The Morgan fingerprint density at radius 3 is 1.93 bits per heavy atom. The van der Waals surface area contributed by atoms with Gasteiger partial charge >= 0.3 is 17.9 Å². The summed E-state index contributed by atoms with van der Waals surface area (Å²) in [5.74, 6) is -2.50. The number of rotatable bonds is 8. The Balaban J connectivity index is 1.19. The Labute approximate surface area is 341 Å². The molecule has 5 aliphatic rings. The number of carbonyl (C=O) groups excluding carboxylic acids is 2. The fourth-order valence-electron chi connectivity index (χ4n) is 13.0. The van der Waals surface area contributed by atoms with Crippen molar-refractivity contribution in [2.24, 2.45) is 50.2 Å². The third-order valence-electron chi connectivity index (χ3n) is 16.2. The highest BCUT2D eigenvalue weighted by Gasteiger charge is 2.71. The summed E-state index contributed by atoms with van der Waals surface area (Å²) >= 11 is 0. The van der Waals surface area contributed by atoms with Crippen molar-refractivity contribution in [1.82, 2.24) is 0 Å². The van der Waals surface area contributed by atoms with E-state index in [9.17, 15) is 39.9 Å². The van der Waals surface area contributed by atoms with Crippen LogP contribution in [0.5, 0.6) is 23.0 Å². The molecule has 0 aliphatic heterocycles. The number of esters is 2. The first-order valence-electron chi connectivity index (χ1n) is 20.9. The van der Waals surface area contributed by atoms with E-state index in [0.717, 1.165) is 44.1 Å². The first-order chi connectivity index (χ1) is 27.2. The Morgan fingerprint density at radius 2 is 1.33 bits per heavy atom. The lowest BCUT2D eigenvalue weighted by atomic mass is 9.33. The molecule has 0 spiro atoms. The zero-order valence-corrected chi connectivity index (χ0v) is 34.7. The second-order valence-corrected chi connectivity index (χ2v) is 20.0. The van der Waals surface area contributed by atoms with Gasteiger partial charge in [0.2, 0.25) is 0 Å². The molecule has 312 valence electrons. The van der Waals surface area contributed by atoms with Gasteiger partial charge < -0.3 is 35.0 Å². The summed E-state index contributed by atoms with van der Waals surface area (Å²) in [5, 5.41) is 50.2. The smallest absolute Gasteiger partial charge is 0.331 e. The van der Waals surface area contributed by atoms with Crippen LogP contribution >= 0.6 is 0 Å². The number of phenols is 4. The van der Waals surface area contributed by atoms with E-state index >= 15 is 0 Å². The van der Waals surface area contributed by atoms with Gasteiger partial charge in [-0.15, -0.1) is 0 Å². The number of fused-ring (bicyclic) bond motifs is 7. The second kappa shape index (κ2) is 14.5. The number of aliphatic carboxylic acids is 1. The maximum Gasteiger partial charge on any atom is 0.331 e. The Kier molecular flexibility index (Phi) is 10.4.